The van der Waals surface area contributed by atoms with Crippen molar-refractivity contribution in [3.8, 4) is 0 Å². The third kappa shape index (κ3) is 3.02. The van der Waals surface area contributed by atoms with Gasteiger partial charge >= 0.3 is 0 Å². The molecule has 1 atom stereocenters. The number of piperidine rings is 1. The first kappa shape index (κ1) is 15.8. The highest BCUT2D eigenvalue weighted by Gasteiger charge is 2.36. The highest BCUT2D eigenvalue weighted by molar-refractivity contribution is 5.78. The Bertz CT molecular complexity index is 921. The number of hydrogen-bond donors (Lipinski definition) is 1. The molecule has 2 aromatic carbocycles. The van der Waals surface area contributed by atoms with Crippen LogP contribution >= 0.6 is 0 Å². The minimum Gasteiger partial charge on any atom is -0.340 e. The first-order valence-corrected chi connectivity index (χ1v) is 8.51. The van der Waals surface area contributed by atoms with Crippen LogP contribution in [-0.2, 0) is 16.8 Å². The lowest BCUT2D eigenvalue weighted by atomic mass is 9.76. The van der Waals surface area contributed by atoms with Crippen LogP contribution in [0.4, 0.5) is 4.39 Å². The number of carbonyl (C=O) groups is 1. The van der Waals surface area contributed by atoms with Gasteiger partial charge in [0.2, 0.25) is 5.91 Å². The molecule has 1 amide bonds. The fourth-order valence-electron chi connectivity index (χ4n) is 3.64. The molecule has 0 unspecified atom stereocenters. The predicted octanol–water partition coefficient (Wildman–Crippen LogP) is 3.78. The summed E-state index contributed by atoms with van der Waals surface area (Å²) in [5, 5.41) is 0. The summed E-state index contributed by atoms with van der Waals surface area (Å²) in [6.45, 7) is 3.27. The topological polar surface area (TPSA) is 49.0 Å². The molecule has 1 aliphatic heterocycles. The van der Waals surface area contributed by atoms with E-state index >= 15 is 0 Å². The lowest BCUT2D eigenvalue weighted by Gasteiger charge is -2.40. The number of rotatable bonds is 3. The van der Waals surface area contributed by atoms with Gasteiger partial charge < -0.3 is 9.88 Å². The average Bonchev–Trinajstić information content (AvgIpc) is 3.00. The molecule has 0 spiro atoms. The van der Waals surface area contributed by atoms with E-state index in [1.54, 1.807) is 6.07 Å². The number of halogens is 1. The molecule has 4 nitrogen and oxygen atoms in total. The summed E-state index contributed by atoms with van der Waals surface area (Å²) >= 11 is 0. The Morgan fingerprint density at radius 2 is 2.04 bits per heavy atom. The molecule has 3 aromatic rings. The van der Waals surface area contributed by atoms with Gasteiger partial charge in [0.1, 0.15) is 11.6 Å². The standard InChI is InChI=1S/C20H20FN3O/c1-20(14-5-3-2-4-6-14)10-9-19(25)24(13-20)12-18-22-16-8-7-15(21)11-17(16)23-18/h2-8,11H,9-10,12-13H2,1H3,(H,22,23)/t20-/m0/s1. The van der Waals surface area contributed by atoms with Crippen molar-refractivity contribution >= 4 is 16.9 Å². The molecule has 4 rings (SSSR count). The highest BCUT2D eigenvalue weighted by Crippen LogP contribution is 2.34. The third-order valence-corrected chi connectivity index (χ3v) is 5.09. The van der Waals surface area contributed by atoms with Gasteiger partial charge in [-0.25, -0.2) is 9.37 Å². The van der Waals surface area contributed by atoms with Crippen molar-refractivity contribution in [1.29, 1.82) is 0 Å². The SMILES string of the molecule is C[C@]1(c2ccccc2)CCC(=O)N(Cc2nc3ccc(F)cc3[nH]2)C1. The minimum absolute atomic E-state index is 0.0622. The summed E-state index contributed by atoms with van der Waals surface area (Å²) in [7, 11) is 0. The summed E-state index contributed by atoms with van der Waals surface area (Å²) < 4.78 is 13.3. The first-order chi connectivity index (χ1) is 12.0. The van der Waals surface area contributed by atoms with Crippen LogP contribution in [0.15, 0.2) is 48.5 Å². The molecule has 128 valence electrons. The van der Waals surface area contributed by atoms with E-state index in [-0.39, 0.29) is 17.1 Å². The molecule has 0 aliphatic carbocycles. The maximum Gasteiger partial charge on any atom is 0.223 e. The molecule has 5 heteroatoms. The Labute approximate surface area is 145 Å². The van der Waals surface area contributed by atoms with E-state index in [2.05, 4.69) is 29.0 Å². The molecule has 1 fully saturated rings. The molecular formula is C20H20FN3O. The maximum atomic E-state index is 13.3. The molecule has 1 saturated heterocycles. The summed E-state index contributed by atoms with van der Waals surface area (Å²) in [5.41, 5.74) is 2.56. The van der Waals surface area contributed by atoms with Gasteiger partial charge in [0.25, 0.3) is 0 Å². The van der Waals surface area contributed by atoms with Gasteiger partial charge in [0, 0.05) is 18.4 Å². The van der Waals surface area contributed by atoms with Gasteiger partial charge in [0.05, 0.1) is 17.6 Å². The average molecular weight is 337 g/mol. The Balaban J connectivity index is 1.58. The molecular weight excluding hydrogens is 317 g/mol. The number of benzene rings is 2. The molecule has 0 bridgehead atoms. The minimum atomic E-state index is -0.298. The van der Waals surface area contributed by atoms with Crippen molar-refractivity contribution in [3.63, 3.8) is 0 Å². The Hall–Kier alpha value is -2.69. The number of fused-ring (bicyclic) bond motifs is 1. The van der Waals surface area contributed by atoms with E-state index in [4.69, 9.17) is 0 Å². The number of carbonyl (C=O) groups excluding carboxylic acids is 1. The number of nitrogens with one attached hydrogen (secondary N) is 1. The summed E-state index contributed by atoms with van der Waals surface area (Å²) in [6, 6.07) is 14.8. The third-order valence-electron chi connectivity index (χ3n) is 5.09. The second-order valence-corrected chi connectivity index (χ2v) is 7.02. The summed E-state index contributed by atoms with van der Waals surface area (Å²) in [4.78, 5) is 21.9. The monoisotopic (exact) mass is 337 g/mol. The van der Waals surface area contributed by atoms with Crippen molar-refractivity contribution in [2.75, 3.05) is 6.54 Å². The van der Waals surface area contributed by atoms with Crippen LogP contribution in [0.25, 0.3) is 11.0 Å². The zero-order valence-electron chi connectivity index (χ0n) is 14.1. The van der Waals surface area contributed by atoms with Crippen LogP contribution in [0.3, 0.4) is 0 Å². The van der Waals surface area contributed by atoms with Gasteiger partial charge in [-0.2, -0.15) is 0 Å². The lowest BCUT2D eigenvalue weighted by Crippen LogP contribution is -2.47. The molecule has 25 heavy (non-hydrogen) atoms. The van der Waals surface area contributed by atoms with Crippen LogP contribution < -0.4 is 0 Å². The quantitative estimate of drug-likeness (QED) is 0.791. The summed E-state index contributed by atoms with van der Waals surface area (Å²) in [6.07, 6.45) is 1.37. The first-order valence-electron chi connectivity index (χ1n) is 8.51. The molecule has 2 heterocycles. The van der Waals surface area contributed by atoms with E-state index < -0.39 is 0 Å². The Morgan fingerprint density at radius 3 is 2.84 bits per heavy atom. The molecule has 1 aromatic heterocycles. The number of likely N-dealkylation sites (tertiary alicyclic amines) is 1. The van der Waals surface area contributed by atoms with Gasteiger partial charge in [0.15, 0.2) is 0 Å². The number of amides is 1. The van der Waals surface area contributed by atoms with E-state index in [0.717, 1.165) is 6.42 Å². The number of hydrogen-bond acceptors (Lipinski definition) is 2. The zero-order chi connectivity index (χ0) is 17.4. The lowest BCUT2D eigenvalue weighted by molar-refractivity contribution is -0.136. The fourth-order valence-corrected chi connectivity index (χ4v) is 3.64. The smallest absolute Gasteiger partial charge is 0.223 e. The largest absolute Gasteiger partial charge is 0.340 e. The van der Waals surface area contributed by atoms with E-state index in [1.165, 1.54) is 17.7 Å². The van der Waals surface area contributed by atoms with Crippen LogP contribution in [0.2, 0.25) is 0 Å². The van der Waals surface area contributed by atoms with Gasteiger partial charge in [-0.3, -0.25) is 4.79 Å². The normalized spacial score (nSPS) is 21.0. The van der Waals surface area contributed by atoms with Crippen molar-refractivity contribution in [1.82, 2.24) is 14.9 Å². The second-order valence-electron chi connectivity index (χ2n) is 7.02. The Kier molecular flexibility index (Phi) is 3.79. The van der Waals surface area contributed by atoms with E-state index in [0.29, 0.717) is 36.4 Å². The molecule has 1 N–H and O–H groups in total. The second kappa shape index (κ2) is 5.99. The van der Waals surface area contributed by atoms with Crippen molar-refractivity contribution < 1.29 is 9.18 Å². The van der Waals surface area contributed by atoms with Crippen molar-refractivity contribution in [2.24, 2.45) is 0 Å². The van der Waals surface area contributed by atoms with Gasteiger partial charge in [-0.1, -0.05) is 37.3 Å². The van der Waals surface area contributed by atoms with Crippen LogP contribution in [0.1, 0.15) is 31.2 Å². The van der Waals surface area contributed by atoms with Crippen molar-refractivity contribution in [3.05, 3.63) is 65.7 Å². The van der Waals surface area contributed by atoms with E-state index in [1.807, 2.05) is 23.1 Å². The number of nitrogens with zero attached hydrogens (tertiary/aromatic N) is 2. The van der Waals surface area contributed by atoms with Crippen LogP contribution in [0, 0.1) is 5.82 Å². The maximum absolute atomic E-state index is 13.3. The number of aromatic nitrogens is 2. The van der Waals surface area contributed by atoms with Crippen molar-refractivity contribution in [2.45, 2.75) is 31.7 Å². The molecule has 0 saturated carbocycles. The highest BCUT2D eigenvalue weighted by atomic mass is 19.1. The zero-order valence-corrected chi connectivity index (χ0v) is 14.1. The molecule has 0 radical (unpaired) electrons. The fraction of sp³-hybridized carbons (Fsp3) is 0.300. The van der Waals surface area contributed by atoms with Crippen LogP contribution in [0.5, 0.6) is 0 Å². The van der Waals surface area contributed by atoms with Crippen LogP contribution in [-0.4, -0.2) is 27.3 Å². The summed E-state index contributed by atoms with van der Waals surface area (Å²) in [5.74, 6) is 0.528. The number of H-pyrrole nitrogens is 1. The predicted molar refractivity (Wildman–Crippen MR) is 94.5 cm³/mol. The number of aromatic amines is 1. The van der Waals surface area contributed by atoms with Gasteiger partial charge in [-0.15, -0.1) is 0 Å². The van der Waals surface area contributed by atoms with E-state index in [9.17, 15) is 9.18 Å². The van der Waals surface area contributed by atoms with Gasteiger partial charge in [-0.05, 0) is 30.2 Å². The number of imidazole rings is 1. The Morgan fingerprint density at radius 1 is 1.24 bits per heavy atom. The molecule has 1 aliphatic rings.